The Labute approximate surface area is 56.5 Å². The van der Waals surface area contributed by atoms with Crippen molar-refractivity contribution in [1.82, 2.24) is 10.2 Å². The molecule has 0 spiro atoms. The fraction of sp³-hybridized carbons (Fsp3) is 0. The number of nitrogens with one attached hydrogen (secondary N) is 1. The summed E-state index contributed by atoms with van der Waals surface area (Å²) >= 11 is 0.611. The summed E-state index contributed by atoms with van der Waals surface area (Å²) < 4.78 is 8.28. The zero-order valence-corrected chi connectivity index (χ0v) is 6.13. The predicted octanol–water partition coefficient (Wildman–Crippen LogP) is -2.10. The molecule has 0 aromatic carbocycles. The van der Waals surface area contributed by atoms with Crippen molar-refractivity contribution in [3.8, 4) is 0 Å². The van der Waals surface area contributed by atoms with Gasteiger partial charge in [0.05, 0.1) is 0 Å². The minimum absolute atomic E-state index is 0.611. The Kier molecular flexibility index (Phi) is 4.53. The molecule has 0 aliphatic heterocycles. The SMILES string of the molecule is Bc1cc[nH]n1.[O]=[AlH]. The van der Waals surface area contributed by atoms with Crippen molar-refractivity contribution in [3.63, 3.8) is 0 Å². The van der Waals surface area contributed by atoms with E-state index in [0.29, 0.717) is 16.2 Å². The van der Waals surface area contributed by atoms with E-state index in [4.69, 9.17) is 3.80 Å². The summed E-state index contributed by atoms with van der Waals surface area (Å²) in [7, 11) is 1.94. The van der Waals surface area contributed by atoms with Crippen LogP contribution in [0.1, 0.15) is 0 Å². The van der Waals surface area contributed by atoms with Crippen LogP contribution < -0.4 is 5.59 Å². The fourth-order valence-corrected chi connectivity index (χ4v) is 0.334. The van der Waals surface area contributed by atoms with Crippen LogP contribution in [-0.4, -0.2) is 34.3 Å². The second kappa shape index (κ2) is 4.76. The Morgan fingerprint density at radius 2 is 2.38 bits per heavy atom. The van der Waals surface area contributed by atoms with Crippen molar-refractivity contribution in [3.05, 3.63) is 12.3 Å². The molecule has 1 heterocycles. The van der Waals surface area contributed by atoms with Crippen LogP contribution in [-0.2, 0) is 3.80 Å². The molecule has 0 saturated carbocycles. The summed E-state index contributed by atoms with van der Waals surface area (Å²) in [5.41, 5.74) is 1.04. The predicted molar refractivity (Wildman–Crippen MR) is 34.6 cm³/mol. The molecular weight excluding hydrogens is 118 g/mol. The van der Waals surface area contributed by atoms with Gasteiger partial charge in [0, 0.05) is 11.8 Å². The molecule has 0 unspecified atom stereocenters. The Morgan fingerprint density at radius 3 is 2.50 bits per heavy atom. The minimum atomic E-state index is 0.611. The van der Waals surface area contributed by atoms with Gasteiger partial charge in [0.2, 0.25) is 0 Å². The van der Waals surface area contributed by atoms with E-state index in [9.17, 15) is 0 Å². The molecule has 0 aliphatic carbocycles. The van der Waals surface area contributed by atoms with Gasteiger partial charge in [0.15, 0.2) is 7.85 Å². The van der Waals surface area contributed by atoms with Gasteiger partial charge in [-0.1, -0.05) is 0 Å². The Hall–Kier alpha value is -0.393. The molecular formula is C3H6AlBN2O. The topological polar surface area (TPSA) is 45.8 Å². The standard InChI is InChI=1S/C3H5BN2.Al.O.H/c4-3-1-2-5-6-3;;;/h1-2H,4H2,(H,5,6);;;. The first kappa shape index (κ1) is 7.61. The summed E-state index contributed by atoms with van der Waals surface area (Å²) in [5, 5.41) is 6.47. The van der Waals surface area contributed by atoms with E-state index >= 15 is 0 Å². The number of H-pyrrole nitrogens is 1. The third-order valence-corrected chi connectivity index (χ3v) is 0.640. The first-order valence-corrected chi connectivity index (χ1v) is 2.72. The van der Waals surface area contributed by atoms with Crippen molar-refractivity contribution in [1.29, 1.82) is 0 Å². The van der Waals surface area contributed by atoms with E-state index < -0.39 is 0 Å². The van der Waals surface area contributed by atoms with Gasteiger partial charge in [-0.05, 0) is 6.07 Å². The molecule has 1 rings (SSSR count). The van der Waals surface area contributed by atoms with Crippen LogP contribution >= 0.6 is 0 Å². The first-order chi connectivity index (χ1) is 3.89. The van der Waals surface area contributed by atoms with Crippen LogP contribution in [0.3, 0.4) is 0 Å². The number of hydrogen-bond acceptors (Lipinski definition) is 2. The number of nitrogens with zero attached hydrogens (tertiary/aromatic N) is 1. The third-order valence-electron chi connectivity index (χ3n) is 0.640. The molecule has 5 heteroatoms. The van der Waals surface area contributed by atoms with Gasteiger partial charge < -0.3 is 0 Å². The van der Waals surface area contributed by atoms with Crippen LogP contribution in [0, 0.1) is 0 Å². The van der Waals surface area contributed by atoms with Crippen LogP contribution in [0.4, 0.5) is 0 Å². The van der Waals surface area contributed by atoms with Crippen molar-refractivity contribution in [2.24, 2.45) is 0 Å². The molecule has 1 N–H and O–H groups in total. The van der Waals surface area contributed by atoms with Crippen LogP contribution in [0.2, 0.25) is 0 Å². The third kappa shape index (κ3) is 2.73. The Morgan fingerprint density at radius 1 is 1.75 bits per heavy atom. The van der Waals surface area contributed by atoms with E-state index in [0.717, 1.165) is 5.59 Å². The van der Waals surface area contributed by atoms with Gasteiger partial charge in [-0.25, -0.2) is 0 Å². The number of rotatable bonds is 0. The zero-order valence-electron chi connectivity index (χ0n) is 4.72. The van der Waals surface area contributed by atoms with Crippen LogP contribution in [0.25, 0.3) is 0 Å². The Balaban J connectivity index is 0.000000222. The number of aromatic amines is 1. The van der Waals surface area contributed by atoms with Gasteiger partial charge in [0.25, 0.3) is 0 Å². The van der Waals surface area contributed by atoms with Crippen molar-refractivity contribution < 1.29 is 3.80 Å². The molecule has 1 aromatic rings. The molecule has 0 fully saturated rings. The maximum absolute atomic E-state index is 8.28. The normalized spacial score (nSPS) is 6.88. The molecule has 40 valence electrons. The van der Waals surface area contributed by atoms with Gasteiger partial charge in [-0.3, -0.25) is 5.10 Å². The van der Waals surface area contributed by atoms with E-state index in [1.807, 2.05) is 13.9 Å². The fourth-order valence-electron chi connectivity index (χ4n) is 0.334. The molecule has 8 heavy (non-hydrogen) atoms. The van der Waals surface area contributed by atoms with Gasteiger partial charge in [0.1, 0.15) is 0 Å². The van der Waals surface area contributed by atoms with Crippen LogP contribution in [0.15, 0.2) is 12.3 Å². The quantitative estimate of drug-likeness (QED) is 0.402. The molecule has 0 bridgehead atoms. The molecule has 0 atom stereocenters. The van der Waals surface area contributed by atoms with E-state index in [1.165, 1.54) is 0 Å². The van der Waals surface area contributed by atoms with Crippen molar-refractivity contribution in [2.75, 3.05) is 0 Å². The average molecular weight is 124 g/mol. The molecule has 0 aliphatic rings. The Bertz CT molecular complexity index is 132. The number of hydrogen-bond donors (Lipinski definition) is 1. The average Bonchev–Trinajstić information content (AvgIpc) is 2.24. The van der Waals surface area contributed by atoms with Gasteiger partial charge in [-0.2, -0.15) is 5.10 Å². The van der Waals surface area contributed by atoms with Gasteiger partial charge >= 0.3 is 20.0 Å². The monoisotopic (exact) mass is 124 g/mol. The first-order valence-electron chi connectivity index (χ1n) is 2.15. The number of aromatic nitrogens is 2. The van der Waals surface area contributed by atoms with Crippen molar-refractivity contribution in [2.45, 2.75) is 0 Å². The molecule has 1 aromatic heterocycles. The summed E-state index contributed by atoms with van der Waals surface area (Å²) in [6, 6.07) is 1.92. The molecule has 3 nitrogen and oxygen atoms in total. The van der Waals surface area contributed by atoms with E-state index in [2.05, 4.69) is 10.2 Å². The molecule has 0 saturated heterocycles. The summed E-state index contributed by atoms with van der Waals surface area (Å²) in [4.78, 5) is 0. The second-order valence-electron chi connectivity index (χ2n) is 1.22. The van der Waals surface area contributed by atoms with Crippen LogP contribution in [0.5, 0.6) is 0 Å². The second-order valence-corrected chi connectivity index (χ2v) is 1.22. The molecule has 0 radical (unpaired) electrons. The summed E-state index contributed by atoms with van der Waals surface area (Å²) in [6.07, 6.45) is 1.80. The molecule has 0 amide bonds. The van der Waals surface area contributed by atoms with Gasteiger partial charge in [-0.15, -0.1) is 0 Å². The summed E-state index contributed by atoms with van der Waals surface area (Å²) in [5.74, 6) is 0. The summed E-state index contributed by atoms with van der Waals surface area (Å²) in [6.45, 7) is 0. The zero-order chi connectivity index (χ0) is 6.41. The van der Waals surface area contributed by atoms with Crippen molar-refractivity contribution >= 4 is 29.7 Å². The van der Waals surface area contributed by atoms with E-state index in [-0.39, 0.29) is 0 Å². The van der Waals surface area contributed by atoms with E-state index in [1.54, 1.807) is 6.20 Å². The maximum atomic E-state index is 8.28.